The van der Waals surface area contributed by atoms with Gasteiger partial charge in [0.25, 0.3) is 0 Å². The van der Waals surface area contributed by atoms with Gasteiger partial charge >= 0.3 is 10.2 Å². The Morgan fingerprint density at radius 3 is 2.11 bits per heavy atom. The molecule has 0 aromatic carbocycles. The summed E-state index contributed by atoms with van der Waals surface area (Å²) in [7, 11) is -3.79. The van der Waals surface area contributed by atoms with E-state index in [0.29, 0.717) is 0 Å². The van der Waals surface area contributed by atoms with Crippen LogP contribution in [-0.2, 0) is 15.0 Å². The number of hydrogen-bond donors (Lipinski definition) is 3. The van der Waals surface area contributed by atoms with E-state index in [4.69, 9.17) is 0 Å². The second kappa shape index (κ2) is 2.76. The van der Waals surface area contributed by atoms with Crippen molar-refractivity contribution in [1.82, 2.24) is 9.55 Å². The molecule has 0 heterocycles. The summed E-state index contributed by atoms with van der Waals surface area (Å²) in [6.07, 6.45) is 0. The lowest BCUT2D eigenvalue weighted by Crippen LogP contribution is -2.42. The molecule has 0 aromatic rings. The van der Waals surface area contributed by atoms with Crippen LogP contribution in [0.2, 0.25) is 0 Å². The van der Waals surface area contributed by atoms with Crippen LogP contribution in [0.4, 0.5) is 0 Å². The summed E-state index contributed by atoms with van der Waals surface area (Å²) in [6, 6.07) is 0. The van der Waals surface area contributed by atoms with Gasteiger partial charge in [-0.3, -0.25) is 10.6 Å². The number of hydrogen-bond acceptors (Lipinski definition) is 4. The molecule has 0 rings (SSSR count). The Bertz CT molecular complexity index is 195. The molecule has 0 aromatic heterocycles. The van der Waals surface area contributed by atoms with E-state index in [-0.39, 0.29) is 0 Å². The largest absolute Gasteiger partial charge is 0.313 e. The van der Waals surface area contributed by atoms with Crippen molar-refractivity contribution in [2.45, 2.75) is 6.92 Å². The van der Waals surface area contributed by atoms with Crippen molar-refractivity contribution < 1.29 is 13.2 Å². The van der Waals surface area contributed by atoms with E-state index < -0.39 is 16.1 Å². The fourth-order valence-corrected chi connectivity index (χ4v) is 0.656. The highest BCUT2D eigenvalue weighted by atomic mass is 32.2. The Morgan fingerprint density at radius 2 is 2.00 bits per heavy atom. The van der Waals surface area contributed by atoms with Crippen LogP contribution in [0.5, 0.6) is 0 Å². The van der Waals surface area contributed by atoms with E-state index in [1.165, 1.54) is 4.83 Å². The first-order valence-electron chi connectivity index (χ1n) is 1.98. The maximum Gasteiger partial charge on any atom is 0.313 e. The molecule has 0 atom stereocenters. The van der Waals surface area contributed by atoms with Crippen molar-refractivity contribution in [3.05, 3.63) is 0 Å². The predicted octanol–water partition coefficient (Wildman–Crippen LogP) is -2.17. The second-order valence-corrected chi connectivity index (χ2v) is 2.73. The average molecular weight is 153 g/mol. The smallest absolute Gasteiger partial charge is 0.274 e. The molecular weight excluding hydrogens is 146 g/mol. The Morgan fingerprint density at radius 1 is 1.56 bits per heavy atom. The first kappa shape index (κ1) is 8.34. The molecule has 54 valence electrons. The zero-order chi connectivity index (χ0) is 7.49. The molecule has 0 aliphatic carbocycles. The van der Waals surface area contributed by atoms with Gasteiger partial charge in [-0.15, -0.1) is 4.83 Å². The molecular formula is C2H7N3O3S. The highest BCUT2D eigenvalue weighted by Crippen LogP contribution is 1.69. The monoisotopic (exact) mass is 153 g/mol. The van der Waals surface area contributed by atoms with Crippen LogP contribution >= 0.6 is 0 Å². The lowest BCUT2D eigenvalue weighted by Gasteiger charge is -1.98. The van der Waals surface area contributed by atoms with Crippen molar-refractivity contribution in [3.8, 4) is 0 Å². The fourth-order valence-electron chi connectivity index (χ4n) is 0.219. The van der Waals surface area contributed by atoms with Crippen LogP contribution in [-0.4, -0.2) is 14.3 Å². The normalized spacial score (nSPS) is 10.9. The highest BCUT2D eigenvalue weighted by Gasteiger charge is 2.05. The Kier molecular flexibility index (Phi) is 2.56. The van der Waals surface area contributed by atoms with Crippen LogP contribution in [0.25, 0.3) is 0 Å². The number of carbonyl (C=O) groups is 1. The SMILES string of the molecule is CC(=O)NS(=O)(=O)NN. The van der Waals surface area contributed by atoms with Gasteiger partial charge in [0.1, 0.15) is 0 Å². The fraction of sp³-hybridized carbons (Fsp3) is 0.500. The lowest BCUT2D eigenvalue weighted by atomic mass is 10.8. The van der Waals surface area contributed by atoms with E-state index in [0.717, 1.165) is 6.92 Å². The number of nitrogens with two attached hydrogens (primary N) is 1. The minimum Gasteiger partial charge on any atom is -0.274 e. The quantitative estimate of drug-likeness (QED) is 0.310. The molecule has 0 radical (unpaired) electrons. The lowest BCUT2D eigenvalue weighted by molar-refractivity contribution is -0.117. The Balaban J connectivity index is 4.06. The third-order valence-corrected chi connectivity index (χ3v) is 1.30. The molecule has 7 heteroatoms. The van der Waals surface area contributed by atoms with Gasteiger partial charge in [-0.25, -0.2) is 4.72 Å². The molecule has 0 aliphatic rings. The maximum absolute atomic E-state index is 10.2. The van der Waals surface area contributed by atoms with E-state index in [1.54, 1.807) is 4.72 Å². The number of rotatable bonds is 2. The van der Waals surface area contributed by atoms with Crippen molar-refractivity contribution in [2.24, 2.45) is 5.84 Å². The highest BCUT2D eigenvalue weighted by molar-refractivity contribution is 7.88. The van der Waals surface area contributed by atoms with Crippen LogP contribution < -0.4 is 15.4 Å². The van der Waals surface area contributed by atoms with Gasteiger partial charge in [-0.2, -0.15) is 8.42 Å². The van der Waals surface area contributed by atoms with Gasteiger partial charge in [-0.05, 0) is 0 Å². The summed E-state index contributed by atoms with van der Waals surface area (Å²) in [5.74, 6) is 3.81. The molecule has 4 N–H and O–H groups in total. The van der Waals surface area contributed by atoms with Gasteiger partial charge < -0.3 is 0 Å². The van der Waals surface area contributed by atoms with Crippen molar-refractivity contribution in [2.75, 3.05) is 0 Å². The minimum atomic E-state index is -3.79. The molecule has 0 saturated heterocycles. The van der Waals surface area contributed by atoms with E-state index in [2.05, 4.69) is 5.84 Å². The molecule has 1 amide bonds. The average Bonchev–Trinajstić information content (AvgIpc) is 1.63. The van der Waals surface area contributed by atoms with Crippen LogP contribution in [0.15, 0.2) is 0 Å². The summed E-state index contributed by atoms with van der Waals surface area (Å²) in [5.41, 5.74) is 0. The minimum absolute atomic E-state index is 0.687. The zero-order valence-corrected chi connectivity index (χ0v) is 5.53. The summed E-state index contributed by atoms with van der Waals surface area (Å²) >= 11 is 0. The Labute approximate surface area is 52.6 Å². The van der Waals surface area contributed by atoms with E-state index in [1.807, 2.05) is 0 Å². The summed E-state index contributed by atoms with van der Waals surface area (Å²) in [6.45, 7) is 1.06. The number of carbonyl (C=O) groups excluding carboxylic acids is 1. The third kappa shape index (κ3) is 3.88. The summed E-state index contributed by atoms with van der Waals surface area (Å²) < 4.78 is 22.0. The van der Waals surface area contributed by atoms with Crippen molar-refractivity contribution in [1.29, 1.82) is 0 Å². The Hall–Kier alpha value is -0.660. The van der Waals surface area contributed by atoms with Gasteiger partial charge in [0.2, 0.25) is 5.91 Å². The first-order valence-corrected chi connectivity index (χ1v) is 3.47. The molecule has 0 unspecified atom stereocenters. The molecule has 0 saturated carbocycles. The van der Waals surface area contributed by atoms with Crippen LogP contribution in [0.3, 0.4) is 0 Å². The summed E-state index contributed by atoms with van der Waals surface area (Å²) in [4.78, 5) is 11.4. The number of nitrogens with one attached hydrogen (secondary N) is 2. The third-order valence-electron chi connectivity index (χ3n) is 0.433. The van der Waals surface area contributed by atoms with Gasteiger partial charge in [0.05, 0.1) is 0 Å². The molecule has 0 bridgehead atoms. The molecule has 0 spiro atoms. The summed E-state index contributed by atoms with van der Waals surface area (Å²) in [5, 5.41) is 0. The molecule has 0 fully saturated rings. The van der Waals surface area contributed by atoms with Gasteiger partial charge in [0.15, 0.2) is 0 Å². The topological polar surface area (TPSA) is 101 Å². The second-order valence-electron chi connectivity index (χ2n) is 1.28. The van der Waals surface area contributed by atoms with E-state index in [9.17, 15) is 13.2 Å². The predicted molar refractivity (Wildman–Crippen MR) is 30.1 cm³/mol. The van der Waals surface area contributed by atoms with Crippen LogP contribution in [0, 0.1) is 0 Å². The van der Waals surface area contributed by atoms with Gasteiger partial charge in [0, 0.05) is 6.92 Å². The van der Waals surface area contributed by atoms with E-state index >= 15 is 0 Å². The molecule has 9 heavy (non-hydrogen) atoms. The maximum atomic E-state index is 10.2. The number of amides is 1. The molecule has 6 nitrogen and oxygen atoms in total. The van der Waals surface area contributed by atoms with Gasteiger partial charge in [-0.1, -0.05) is 0 Å². The number of hydrazine groups is 1. The standard InChI is InChI=1S/C2H7N3O3S/c1-2(6)4-9(7,8)5-3/h5H,3H2,1H3,(H,4,6). The molecule has 0 aliphatic heterocycles. The van der Waals surface area contributed by atoms with Crippen molar-refractivity contribution >= 4 is 16.1 Å². The zero-order valence-electron chi connectivity index (χ0n) is 4.71. The van der Waals surface area contributed by atoms with Crippen molar-refractivity contribution in [3.63, 3.8) is 0 Å². The first-order chi connectivity index (χ1) is 3.98. The van der Waals surface area contributed by atoms with Crippen LogP contribution in [0.1, 0.15) is 6.92 Å².